The van der Waals surface area contributed by atoms with Crippen LogP contribution in [0.25, 0.3) is 0 Å². The van der Waals surface area contributed by atoms with Crippen LogP contribution in [-0.2, 0) is 17.8 Å². The monoisotopic (exact) mass is 425 g/mol. The van der Waals surface area contributed by atoms with Crippen LogP contribution in [0.2, 0.25) is 0 Å². The van der Waals surface area contributed by atoms with Crippen molar-refractivity contribution in [1.82, 2.24) is 4.90 Å². The zero-order valence-electron chi connectivity index (χ0n) is 16.3. The topological polar surface area (TPSA) is 58.8 Å². The number of hydrogen-bond acceptors (Lipinski definition) is 4. The van der Waals surface area contributed by atoms with E-state index >= 15 is 0 Å². The highest BCUT2D eigenvalue weighted by Gasteiger charge is 2.32. The molecule has 0 aliphatic carbocycles. The van der Waals surface area contributed by atoms with Gasteiger partial charge >= 0.3 is 0 Å². The summed E-state index contributed by atoms with van der Waals surface area (Å²) in [6.07, 6.45) is 0.883. The molecule has 1 aliphatic rings. The SMILES string of the molecule is COc1ccc(N2CCN(Cc3cccc(CCN)c3)C(C)C2=O)cc1.Cl.Cl. The molecule has 1 aliphatic heterocycles. The minimum atomic E-state index is -0.149. The van der Waals surface area contributed by atoms with E-state index in [0.717, 1.165) is 30.9 Å². The number of nitrogens with zero attached hydrogens (tertiary/aromatic N) is 2. The molecule has 0 saturated carbocycles. The molecule has 154 valence electrons. The molecule has 2 N–H and O–H groups in total. The van der Waals surface area contributed by atoms with Gasteiger partial charge in [-0.25, -0.2) is 0 Å². The summed E-state index contributed by atoms with van der Waals surface area (Å²) in [6.45, 7) is 4.96. The lowest BCUT2D eigenvalue weighted by atomic mass is 10.1. The normalized spacial score (nSPS) is 16.9. The van der Waals surface area contributed by atoms with Gasteiger partial charge in [-0.3, -0.25) is 9.69 Å². The Morgan fingerprint density at radius 3 is 2.39 bits per heavy atom. The van der Waals surface area contributed by atoms with Crippen LogP contribution in [0, 0.1) is 0 Å². The van der Waals surface area contributed by atoms with E-state index in [9.17, 15) is 4.79 Å². The van der Waals surface area contributed by atoms with Gasteiger partial charge in [-0.05, 0) is 55.3 Å². The first kappa shape index (κ1) is 24.2. The molecule has 1 unspecified atom stereocenters. The van der Waals surface area contributed by atoms with E-state index in [1.807, 2.05) is 36.1 Å². The number of piperazine rings is 1. The Labute approximate surface area is 179 Å². The molecule has 5 nitrogen and oxygen atoms in total. The molecule has 1 atom stereocenters. The Balaban J connectivity index is 0.00000196. The van der Waals surface area contributed by atoms with E-state index in [-0.39, 0.29) is 36.8 Å². The van der Waals surface area contributed by atoms with Gasteiger partial charge < -0.3 is 15.4 Å². The number of nitrogens with two attached hydrogens (primary N) is 1. The zero-order valence-corrected chi connectivity index (χ0v) is 18.0. The molecule has 0 bridgehead atoms. The summed E-state index contributed by atoms with van der Waals surface area (Å²) in [6, 6.07) is 16.0. The molecule has 0 spiro atoms. The smallest absolute Gasteiger partial charge is 0.244 e. The van der Waals surface area contributed by atoms with E-state index < -0.39 is 0 Å². The number of rotatable bonds is 6. The van der Waals surface area contributed by atoms with Crippen LogP contribution < -0.4 is 15.4 Å². The highest BCUT2D eigenvalue weighted by atomic mass is 35.5. The molecule has 1 saturated heterocycles. The van der Waals surface area contributed by atoms with Crippen molar-refractivity contribution in [3.8, 4) is 5.75 Å². The van der Waals surface area contributed by atoms with Crippen LogP contribution in [0.1, 0.15) is 18.1 Å². The van der Waals surface area contributed by atoms with Crippen molar-refractivity contribution in [2.24, 2.45) is 5.73 Å². The van der Waals surface area contributed by atoms with Gasteiger partial charge in [-0.2, -0.15) is 0 Å². The minimum Gasteiger partial charge on any atom is -0.497 e. The highest BCUT2D eigenvalue weighted by molar-refractivity contribution is 5.97. The van der Waals surface area contributed by atoms with Crippen molar-refractivity contribution in [3.05, 3.63) is 59.7 Å². The highest BCUT2D eigenvalue weighted by Crippen LogP contribution is 2.24. The number of amides is 1. The summed E-state index contributed by atoms with van der Waals surface area (Å²) in [5.41, 5.74) is 9.06. The van der Waals surface area contributed by atoms with Crippen LogP contribution in [0.5, 0.6) is 5.75 Å². The van der Waals surface area contributed by atoms with Crippen LogP contribution in [0.3, 0.4) is 0 Å². The second-order valence-electron chi connectivity index (χ2n) is 6.69. The van der Waals surface area contributed by atoms with Gasteiger partial charge in [0.1, 0.15) is 5.75 Å². The van der Waals surface area contributed by atoms with Crippen molar-refractivity contribution in [2.45, 2.75) is 25.9 Å². The first-order valence-electron chi connectivity index (χ1n) is 9.09. The molecule has 0 radical (unpaired) electrons. The second-order valence-corrected chi connectivity index (χ2v) is 6.69. The van der Waals surface area contributed by atoms with Gasteiger partial charge in [-0.1, -0.05) is 24.3 Å². The predicted molar refractivity (Wildman–Crippen MR) is 119 cm³/mol. The zero-order chi connectivity index (χ0) is 18.5. The number of methoxy groups -OCH3 is 1. The number of carbonyl (C=O) groups excluding carboxylic acids is 1. The lowest BCUT2D eigenvalue weighted by molar-refractivity contribution is -0.125. The molecule has 3 rings (SSSR count). The average Bonchev–Trinajstić information content (AvgIpc) is 2.66. The van der Waals surface area contributed by atoms with E-state index in [1.54, 1.807) is 7.11 Å². The Morgan fingerprint density at radius 2 is 1.75 bits per heavy atom. The van der Waals surface area contributed by atoms with E-state index in [0.29, 0.717) is 13.1 Å². The maximum absolute atomic E-state index is 12.9. The number of carbonyl (C=O) groups is 1. The lowest BCUT2D eigenvalue weighted by Gasteiger charge is -2.39. The molecule has 1 amide bonds. The summed E-state index contributed by atoms with van der Waals surface area (Å²) in [4.78, 5) is 17.0. The van der Waals surface area contributed by atoms with Crippen LogP contribution >= 0.6 is 24.8 Å². The molecule has 28 heavy (non-hydrogen) atoms. The van der Waals surface area contributed by atoms with Crippen molar-refractivity contribution >= 4 is 36.4 Å². The summed E-state index contributed by atoms with van der Waals surface area (Å²) in [7, 11) is 1.64. The van der Waals surface area contributed by atoms with Crippen LogP contribution in [0.4, 0.5) is 5.69 Å². The Bertz CT molecular complexity index is 756. The maximum atomic E-state index is 12.9. The molecule has 7 heteroatoms. The first-order valence-corrected chi connectivity index (χ1v) is 9.09. The summed E-state index contributed by atoms with van der Waals surface area (Å²) >= 11 is 0. The minimum absolute atomic E-state index is 0. The fraction of sp³-hybridized carbons (Fsp3) is 0.381. The number of benzene rings is 2. The van der Waals surface area contributed by atoms with Crippen molar-refractivity contribution in [2.75, 3.05) is 31.6 Å². The Hall–Kier alpha value is -1.79. The van der Waals surface area contributed by atoms with Gasteiger partial charge in [0.15, 0.2) is 0 Å². The van der Waals surface area contributed by atoms with E-state index in [1.165, 1.54) is 11.1 Å². The fourth-order valence-electron chi connectivity index (χ4n) is 3.43. The largest absolute Gasteiger partial charge is 0.497 e. The van der Waals surface area contributed by atoms with Gasteiger partial charge in [0, 0.05) is 25.3 Å². The van der Waals surface area contributed by atoms with Gasteiger partial charge in [-0.15, -0.1) is 24.8 Å². The lowest BCUT2D eigenvalue weighted by Crippen LogP contribution is -2.55. The predicted octanol–water partition coefficient (Wildman–Crippen LogP) is 3.28. The first-order chi connectivity index (χ1) is 12.6. The molecule has 1 fully saturated rings. The van der Waals surface area contributed by atoms with E-state index in [4.69, 9.17) is 10.5 Å². The number of anilines is 1. The van der Waals surface area contributed by atoms with Crippen molar-refractivity contribution in [1.29, 1.82) is 0 Å². The van der Waals surface area contributed by atoms with Crippen molar-refractivity contribution < 1.29 is 9.53 Å². The van der Waals surface area contributed by atoms with Crippen LogP contribution in [0.15, 0.2) is 48.5 Å². The Kier molecular flexibility index (Phi) is 9.76. The molecular formula is C21H29Cl2N3O2. The average molecular weight is 426 g/mol. The summed E-state index contributed by atoms with van der Waals surface area (Å²) in [5.74, 6) is 0.935. The summed E-state index contributed by atoms with van der Waals surface area (Å²) < 4.78 is 5.20. The second kappa shape index (κ2) is 11.3. The van der Waals surface area contributed by atoms with Gasteiger partial charge in [0.25, 0.3) is 0 Å². The van der Waals surface area contributed by atoms with Gasteiger partial charge in [0.2, 0.25) is 5.91 Å². The van der Waals surface area contributed by atoms with Gasteiger partial charge in [0.05, 0.1) is 13.2 Å². The number of ether oxygens (including phenoxy) is 1. The number of halogens is 2. The third-order valence-electron chi connectivity index (χ3n) is 4.98. The molecular weight excluding hydrogens is 397 g/mol. The summed E-state index contributed by atoms with van der Waals surface area (Å²) in [5, 5.41) is 0. The standard InChI is InChI=1S/C21H27N3O2.2ClH/c1-16-21(25)24(19-6-8-20(26-2)9-7-19)13-12-23(16)15-18-5-3-4-17(14-18)10-11-22;;/h3-9,14,16H,10-13,15,22H2,1-2H3;2*1H. The fourth-order valence-corrected chi connectivity index (χ4v) is 3.43. The molecule has 2 aromatic rings. The maximum Gasteiger partial charge on any atom is 0.244 e. The molecule has 2 aromatic carbocycles. The number of hydrogen-bond donors (Lipinski definition) is 1. The van der Waals surface area contributed by atoms with E-state index in [2.05, 4.69) is 29.2 Å². The Morgan fingerprint density at radius 1 is 1.07 bits per heavy atom. The third-order valence-corrected chi connectivity index (χ3v) is 4.98. The van der Waals surface area contributed by atoms with Crippen LogP contribution in [-0.4, -0.2) is 43.6 Å². The third kappa shape index (κ3) is 5.61. The molecule has 1 heterocycles. The van der Waals surface area contributed by atoms with Crippen molar-refractivity contribution in [3.63, 3.8) is 0 Å². The molecule has 0 aromatic heterocycles. The quantitative estimate of drug-likeness (QED) is 0.771.